The summed E-state index contributed by atoms with van der Waals surface area (Å²) in [7, 11) is 0. The van der Waals surface area contributed by atoms with Gasteiger partial charge < -0.3 is 0 Å². The maximum atomic E-state index is 5.67. The lowest BCUT2D eigenvalue weighted by Gasteiger charge is -2.15. The van der Waals surface area contributed by atoms with Crippen molar-refractivity contribution in [1.82, 2.24) is 14.5 Å². The smallest absolute Gasteiger partial charge is 0.235 e. The largest absolute Gasteiger partial charge is 0.276 e. The summed E-state index contributed by atoms with van der Waals surface area (Å²) in [5, 5.41) is 15.6. The molecule has 240 valence electrons. The molecule has 0 atom stereocenters. The van der Waals surface area contributed by atoms with Gasteiger partial charge in [0.25, 0.3) is 0 Å². The van der Waals surface area contributed by atoms with Gasteiger partial charge in [0.1, 0.15) is 0 Å². The zero-order valence-electron chi connectivity index (χ0n) is 27.8. The average molecular weight is 678 g/mol. The Morgan fingerprint density at radius 1 is 0.385 bits per heavy atom. The van der Waals surface area contributed by atoms with Gasteiger partial charge in [-0.15, -0.1) is 11.3 Å². The Bertz CT molecular complexity index is 3470. The second kappa shape index (κ2) is 10.5. The molecule has 3 nitrogen and oxygen atoms in total. The van der Waals surface area contributed by atoms with Crippen molar-refractivity contribution in [3.05, 3.63) is 164 Å². The Morgan fingerprint density at radius 2 is 0.962 bits per heavy atom. The van der Waals surface area contributed by atoms with Crippen molar-refractivity contribution in [2.24, 2.45) is 0 Å². The normalized spacial score (nSPS) is 12.2. The molecule has 12 aromatic rings. The molecule has 0 aliphatic carbocycles. The van der Waals surface area contributed by atoms with Crippen LogP contribution in [-0.4, -0.2) is 14.5 Å². The fourth-order valence-electron chi connectivity index (χ4n) is 8.72. The number of benzene rings is 9. The maximum Gasteiger partial charge on any atom is 0.235 e. The minimum absolute atomic E-state index is 0.678. The van der Waals surface area contributed by atoms with Gasteiger partial charge in [-0.1, -0.05) is 152 Å². The Balaban J connectivity index is 1.37. The molecular weight excluding hydrogens is 651 g/mol. The first kappa shape index (κ1) is 28.1. The van der Waals surface area contributed by atoms with Crippen LogP contribution in [0.4, 0.5) is 0 Å². The molecule has 0 bridgehead atoms. The second-order valence-corrected chi connectivity index (χ2v) is 14.7. The summed E-state index contributed by atoms with van der Waals surface area (Å²) < 4.78 is 4.93. The highest BCUT2D eigenvalue weighted by atomic mass is 32.1. The maximum absolute atomic E-state index is 5.67. The van der Waals surface area contributed by atoms with Crippen molar-refractivity contribution in [2.75, 3.05) is 0 Å². The van der Waals surface area contributed by atoms with Gasteiger partial charge in [0.05, 0.1) is 26.9 Å². The number of fused-ring (bicyclic) bond motifs is 16. The van der Waals surface area contributed by atoms with E-state index in [1.807, 2.05) is 11.3 Å². The van der Waals surface area contributed by atoms with E-state index in [4.69, 9.17) is 9.97 Å². The summed E-state index contributed by atoms with van der Waals surface area (Å²) in [5.74, 6) is 0.678. The molecule has 0 aliphatic heterocycles. The SMILES string of the molecule is c1ccc2c(-c3nc(-n4c5c6ccccc6ccc5c5c6ccccc6c6c7ccccc7sc6c54)nc4c3ccc3ccccc34)cccc2c1. The highest BCUT2D eigenvalue weighted by molar-refractivity contribution is 7.27. The summed E-state index contributed by atoms with van der Waals surface area (Å²) in [5.41, 5.74) is 5.28. The first-order chi connectivity index (χ1) is 25.8. The molecule has 0 saturated heterocycles. The molecule has 3 aromatic heterocycles. The molecular formula is C48H27N3S. The van der Waals surface area contributed by atoms with Crippen LogP contribution in [0, 0.1) is 0 Å². The quantitative estimate of drug-likeness (QED) is 0.171. The number of thiophene rings is 1. The average Bonchev–Trinajstić information content (AvgIpc) is 3.78. The number of hydrogen-bond acceptors (Lipinski definition) is 3. The van der Waals surface area contributed by atoms with E-state index >= 15 is 0 Å². The van der Waals surface area contributed by atoms with Crippen LogP contribution in [0.1, 0.15) is 0 Å². The van der Waals surface area contributed by atoms with Gasteiger partial charge in [0.2, 0.25) is 5.95 Å². The van der Waals surface area contributed by atoms with Gasteiger partial charge in [-0.05, 0) is 44.5 Å². The zero-order valence-corrected chi connectivity index (χ0v) is 28.7. The number of rotatable bonds is 2. The first-order valence-corrected chi connectivity index (χ1v) is 18.5. The van der Waals surface area contributed by atoms with Gasteiger partial charge in [0.15, 0.2) is 0 Å². The molecule has 52 heavy (non-hydrogen) atoms. The van der Waals surface area contributed by atoms with Gasteiger partial charge >= 0.3 is 0 Å². The van der Waals surface area contributed by atoms with Crippen LogP contribution in [0.2, 0.25) is 0 Å². The summed E-state index contributed by atoms with van der Waals surface area (Å²) in [6.07, 6.45) is 0. The van der Waals surface area contributed by atoms with Crippen LogP contribution in [0.15, 0.2) is 164 Å². The number of nitrogens with zero attached hydrogens (tertiary/aromatic N) is 3. The van der Waals surface area contributed by atoms with Gasteiger partial charge in [-0.25, -0.2) is 9.97 Å². The number of aromatic nitrogens is 3. The Labute approximate surface area is 301 Å². The molecule has 9 aromatic carbocycles. The van der Waals surface area contributed by atoms with Crippen molar-refractivity contribution in [1.29, 1.82) is 0 Å². The molecule has 3 heterocycles. The highest BCUT2D eigenvalue weighted by Gasteiger charge is 2.25. The summed E-state index contributed by atoms with van der Waals surface area (Å²) in [6.45, 7) is 0. The molecule has 0 N–H and O–H groups in total. The van der Waals surface area contributed by atoms with E-state index in [2.05, 4.69) is 168 Å². The molecule has 0 spiro atoms. The standard InChI is InChI=1S/C48H27N3S/c1-4-16-31-28(12-1)15-11-22-36(31)44-39-27-25-29-13-2-5-17-32(29)43(39)49-48(50-44)51-45-33-18-6-3-14-30(33)24-26-38(45)41-34-19-7-8-20-35(34)42-37-21-9-10-23-40(37)52-47(42)46(41)51/h1-27H. The van der Waals surface area contributed by atoms with Crippen molar-refractivity contribution < 1.29 is 0 Å². The van der Waals surface area contributed by atoms with E-state index in [0.29, 0.717) is 5.95 Å². The van der Waals surface area contributed by atoms with E-state index in [9.17, 15) is 0 Å². The van der Waals surface area contributed by atoms with E-state index < -0.39 is 0 Å². The van der Waals surface area contributed by atoms with E-state index in [1.165, 1.54) is 63.3 Å². The second-order valence-electron chi connectivity index (χ2n) is 13.7. The third kappa shape index (κ3) is 3.74. The van der Waals surface area contributed by atoms with Crippen molar-refractivity contribution in [3.8, 4) is 17.2 Å². The molecule has 0 saturated carbocycles. The molecule has 0 unspecified atom stereocenters. The predicted molar refractivity (Wildman–Crippen MR) is 222 cm³/mol. The van der Waals surface area contributed by atoms with Crippen molar-refractivity contribution >= 4 is 107 Å². The van der Waals surface area contributed by atoms with Gasteiger partial charge in [-0.2, -0.15) is 0 Å². The summed E-state index contributed by atoms with van der Waals surface area (Å²) in [6, 6.07) is 59.2. The zero-order chi connectivity index (χ0) is 33.9. The van der Waals surface area contributed by atoms with Crippen LogP contribution >= 0.6 is 11.3 Å². The first-order valence-electron chi connectivity index (χ1n) is 17.7. The van der Waals surface area contributed by atoms with Crippen molar-refractivity contribution in [2.45, 2.75) is 0 Å². The third-order valence-corrected chi connectivity index (χ3v) is 12.1. The Morgan fingerprint density at radius 3 is 1.75 bits per heavy atom. The minimum Gasteiger partial charge on any atom is -0.276 e. The lowest BCUT2D eigenvalue weighted by molar-refractivity contribution is 1.02. The van der Waals surface area contributed by atoms with Crippen molar-refractivity contribution in [3.63, 3.8) is 0 Å². The highest BCUT2D eigenvalue weighted by Crippen LogP contribution is 2.49. The monoisotopic (exact) mass is 677 g/mol. The van der Waals surface area contributed by atoms with Crippen LogP contribution < -0.4 is 0 Å². The fourth-order valence-corrected chi connectivity index (χ4v) is 9.98. The van der Waals surface area contributed by atoms with Gasteiger partial charge in [0, 0.05) is 48.0 Å². The topological polar surface area (TPSA) is 30.7 Å². The van der Waals surface area contributed by atoms with Gasteiger partial charge in [-0.3, -0.25) is 4.57 Å². The van der Waals surface area contributed by atoms with Crippen LogP contribution in [0.5, 0.6) is 0 Å². The molecule has 0 radical (unpaired) electrons. The fraction of sp³-hybridized carbons (Fsp3) is 0. The van der Waals surface area contributed by atoms with Crippen LogP contribution in [-0.2, 0) is 0 Å². The Kier molecular flexibility index (Phi) is 5.65. The Hall–Kier alpha value is -6.62. The number of hydrogen-bond donors (Lipinski definition) is 0. The molecule has 0 fully saturated rings. The van der Waals surface area contributed by atoms with Crippen LogP contribution in [0.25, 0.3) is 113 Å². The lowest BCUT2D eigenvalue weighted by Crippen LogP contribution is -2.04. The van der Waals surface area contributed by atoms with E-state index in [1.54, 1.807) is 0 Å². The molecule has 12 rings (SSSR count). The van der Waals surface area contributed by atoms with E-state index in [-0.39, 0.29) is 0 Å². The molecule has 4 heteroatoms. The summed E-state index contributed by atoms with van der Waals surface area (Å²) >= 11 is 1.87. The predicted octanol–water partition coefficient (Wildman–Crippen LogP) is 13.4. The summed E-state index contributed by atoms with van der Waals surface area (Å²) in [4.78, 5) is 11.3. The molecule has 0 amide bonds. The lowest BCUT2D eigenvalue weighted by atomic mass is 9.97. The molecule has 0 aliphatic rings. The minimum atomic E-state index is 0.678. The van der Waals surface area contributed by atoms with E-state index in [0.717, 1.165) is 44.0 Å². The van der Waals surface area contributed by atoms with Crippen LogP contribution in [0.3, 0.4) is 0 Å². The third-order valence-electron chi connectivity index (χ3n) is 11.0.